The Hall–Kier alpha value is 0.0000000000000000555. The lowest BCUT2D eigenvalue weighted by molar-refractivity contribution is 1.11. The van der Waals surface area contributed by atoms with Crippen LogP contribution in [0.4, 0.5) is 0 Å². The SMILES string of the molecule is Cc1ccc2c(c1)P1c3cc(C)ccc3S[P+]1(C(C)C)S2. The van der Waals surface area contributed by atoms with Crippen LogP contribution in [0.15, 0.2) is 46.2 Å². The van der Waals surface area contributed by atoms with Crippen molar-refractivity contribution < 1.29 is 0 Å². The second-order valence-electron chi connectivity index (χ2n) is 6.09. The van der Waals surface area contributed by atoms with Crippen molar-refractivity contribution in [1.29, 1.82) is 0 Å². The van der Waals surface area contributed by atoms with E-state index in [1.807, 2.05) is 0 Å². The normalized spacial score (nSPS) is 25.9. The molecule has 0 saturated heterocycles. The zero-order valence-electron chi connectivity index (χ0n) is 12.8. The molecule has 0 aliphatic carbocycles. The van der Waals surface area contributed by atoms with Crippen LogP contribution in [0.2, 0.25) is 0 Å². The third kappa shape index (κ3) is 2.07. The molecule has 4 rings (SSSR count). The zero-order chi connectivity index (χ0) is 14.8. The van der Waals surface area contributed by atoms with Crippen molar-refractivity contribution in [2.45, 2.75) is 43.1 Å². The van der Waals surface area contributed by atoms with Gasteiger partial charge in [0, 0.05) is 10.6 Å². The summed E-state index contributed by atoms with van der Waals surface area (Å²) in [5, 5.41) is 2.24. The van der Waals surface area contributed by atoms with Crippen LogP contribution in [-0.2, 0) is 0 Å². The van der Waals surface area contributed by atoms with Crippen molar-refractivity contribution in [3.63, 3.8) is 0 Å². The average molecular weight is 349 g/mol. The minimum absolute atomic E-state index is 0.144. The number of hydrogen-bond acceptors (Lipinski definition) is 2. The summed E-state index contributed by atoms with van der Waals surface area (Å²) in [6.45, 7) is 9.35. The van der Waals surface area contributed by atoms with E-state index in [9.17, 15) is 0 Å². The highest BCUT2D eigenvalue weighted by Crippen LogP contribution is 3.06. The maximum absolute atomic E-state index is 2.47. The van der Waals surface area contributed by atoms with E-state index in [1.165, 1.54) is 11.1 Å². The Bertz CT molecular complexity index is 684. The van der Waals surface area contributed by atoms with Crippen molar-refractivity contribution >= 4 is 46.3 Å². The molecule has 21 heavy (non-hydrogen) atoms. The first kappa shape index (κ1) is 14.6. The predicted molar refractivity (Wildman–Crippen MR) is 102 cm³/mol. The van der Waals surface area contributed by atoms with Crippen molar-refractivity contribution in [3.8, 4) is 0 Å². The molecule has 0 unspecified atom stereocenters. The second-order valence-corrected chi connectivity index (χ2v) is 21.0. The van der Waals surface area contributed by atoms with Crippen LogP contribution in [0, 0.1) is 13.8 Å². The second kappa shape index (κ2) is 5.00. The van der Waals surface area contributed by atoms with Gasteiger partial charge in [0.1, 0.15) is 7.61 Å². The lowest BCUT2D eigenvalue weighted by atomic mass is 10.2. The lowest BCUT2D eigenvalue weighted by Crippen LogP contribution is -2.10. The summed E-state index contributed by atoms with van der Waals surface area (Å²) in [4.78, 5) is 3.13. The van der Waals surface area contributed by atoms with Crippen molar-refractivity contribution in [1.82, 2.24) is 0 Å². The van der Waals surface area contributed by atoms with Crippen LogP contribution in [-0.4, -0.2) is 5.66 Å². The highest BCUT2D eigenvalue weighted by molar-refractivity contribution is 9.14. The maximum atomic E-state index is 2.47. The van der Waals surface area contributed by atoms with Crippen LogP contribution >= 0.6 is 35.7 Å². The van der Waals surface area contributed by atoms with Gasteiger partial charge in [-0.15, -0.1) is 0 Å². The fourth-order valence-corrected chi connectivity index (χ4v) is 25.6. The summed E-state index contributed by atoms with van der Waals surface area (Å²) in [6.07, 6.45) is 0. The van der Waals surface area contributed by atoms with E-state index in [2.05, 4.69) is 86.9 Å². The molecule has 4 heteroatoms. The molecule has 0 N–H and O–H groups in total. The Morgan fingerprint density at radius 1 is 0.857 bits per heavy atom. The molecule has 2 heterocycles. The number of rotatable bonds is 1. The summed E-state index contributed by atoms with van der Waals surface area (Å²) >= 11 is 4.47. The number of fused-ring (bicyclic) bond motifs is 5. The molecular formula is C17H19P2S2+. The van der Waals surface area contributed by atoms with Crippen LogP contribution in [0.5, 0.6) is 0 Å². The molecule has 2 aromatic carbocycles. The smallest absolute Gasteiger partial charge is 0.0580 e. The number of aryl methyl sites for hydroxylation is 2. The van der Waals surface area contributed by atoms with Gasteiger partial charge in [-0.25, -0.2) is 0 Å². The molecule has 2 aliphatic rings. The van der Waals surface area contributed by atoms with Gasteiger partial charge in [-0.3, -0.25) is 0 Å². The molecule has 2 aliphatic heterocycles. The average Bonchev–Trinajstić information content (AvgIpc) is 2.91. The fraction of sp³-hybridized carbons (Fsp3) is 0.294. The Morgan fingerprint density at radius 3 is 1.76 bits per heavy atom. The molecule has 108 valence electrons. The molecule has 0 atom stereocenters. The Kier molecular flexibility index (Phi) is 3.47. The van der Waals surface area contributed by atoms with Gasteiger partial charge in [-0.2, -0.15) is 0 Å². The number of benzene rings is 2. The third-order valence-electron chi connectivity index (χ3n) is 4.07. The summed E-state index contributed by atoms with van der Waals surface area (Å²) in [6, 6.07) is 14.2. The molecule has 0 bridgehead atoms. The van der Waals surface area contributed by atoms with E-state index >= 15 is 0 Å². The predicted octanol–water partition coefficient (Wildman–Crippen LogP) is 6.12. The highest BCUT2D eigenvalue weighted by atomic mass is 33.2. The topological polar surface area (TPSA) is 0 Å². The molecule has 0 fully saturated rings. The van der Waals surface area contributed by atoms with E-state index in [4.69, 9.17) is 0 Å². The van der Waals surface area contributed by atoms with E-state index in [0.29, 0.717) is 0 Å². The van der Waals surface area contributed by atoms with Gasteiger partial charge < -0.3 is 0 Å². The first-order valence-corrected chi connectivity index (χ1v) is 14.1. The molecule has 0 spiro atoms. The van der Waals surface area contributed by atoms with Crippen LogP contribution in [0.3, 0.4) is 0 Å². The van der Waals surface area contributed by atoms with E-state index in [-0.39, 0.29) is 7.61 Å². The minimum atomic E-state index is -1.08. The van der Waals surface area contributed by atoms with E-state index in [1.54, 1.807) is 20.4 Å². The summed E-state index contributed by atoms with van der Waals surface area (Å²) in [5.41, 5.74) is 3.59. The zero-order valence-corrected chi connectivity index (χ0v) is 16.2. The van der Waals surface area contributed by atoms with Crippen LogP contribution in [0.25, 0.3) is 0 Å². The van der Waals surface area contributed by atoms with Gasteiger partial charge in [0.2, 0.25) is 0 Å². The molecule has 2 aromatic rings. The van der Waals surface area contributed by atoms with E-state index in [0.717, 1.165) is 5.66 Å². The first-order valence-electron chi connectivity index (χ1n) is 7.31. The molecular weight excluding hydrogens is 330 g/mol. The van der Waals surface area contributed by atoms with Gasteiger partial charge in [0.25, 0.3) is 0 Å². The first-order chi connectivity index (χ1) is 10.0. The maximum Gasteiger partial charge on any atom is 0.172 e. The summed E-state index contributed by atoms with van der Waals surface area (Å²) < 4.78 is 0. The minimum Gasteiger partial charge on any atom is -0.0580 e. The van der Waals surface area contributed by atoms with Crippen LogP contribution < -0.4 is 10.6 Å². The Balaban J connectivity index is 1.98. The van der Waals surface area contributed by atoms with Gasteiger partial charge in [0.15, 0.2) is 5.35 Å². The number of hydrogen-bond donors (Lipinski definition) is 0. The Morgan fingerprint density at radius 2 is 1.33 bits per heavy atom. The fourth-order valence-electron chi connectivity index (χ4n) is 2.99. The molecule has 0 aromatic heterocycles. The molecule has 0 amide bonds. The molecule has 0 saturated carbocycles. The van der Waals surface area contributed by atoms with Crippen LogP contribution in [0.1, 0.15) is 25.0 Å². The van der Waals surface area contributed by atoms with Crippen molar-refractivity contribution in [2.24, 2.45) is 0 Å². The quantitative estimate of drug-likeness (QED) is 0.569. The monoisotopic (exact) mass is 349 g/mol. The molecule has 0 nitrogen and oxygen atoms in total. The van der Waals surface area contributed by atoms with Gasteiger partial charge in [-0.05, 0) is 52.0 Å². The Labute approximate surface area is 137 Å². The van der Waals surface area contributed by atoms with E-state index < -0.39 is 5.35 Å². The largest absolute Gasteiger partial charge is 0.172 e. The summed E-state index contributed by atoms with van der Waals surface area (Å²) in [7, 11) is -0.144. The van der Waals surface area contributed by atoms with Crippen molar-refractivity contribution in [2.75, 3.05) is 0 Å². The standard InChI is InChI=1S/C17H19P2S2/c1-11(2)19-18(14-9-12(3)5-7-16(14)20-19)15-10-13(4)6-8-17(15)21-19/h5-11H,1-4H3/q+1. The summed E-state index contributed by atoms with van der Waals surface area (Å²) in [5.74, 6) is 0. The van der Waals surface area contributed by atoms with Gasteiger partial charge >= 0.3 is 0 Å². The third-order valence-corrected chi connectivity index (χ3v) is 24.9. The van der Waals surface area contributed by atoms with Gasteiger partial charge in [0.05, 0.1) is 38.2 Å². The molecule has 0 radical (unpaired) electrons. The highest BCUT2D eigenvalue weighted by Gasteiger charge is 2.64. The lowest BCUT2D eigenvalue weighted by Gasteiger charge is -2.21. The van der Waals surface area contributed by atoms with Crippen molar-refractivity contribution in [3.05, 3.63) is 47.5 Å². The van der Waals surface area contributed by atoms with Gasteiger partial charge in [-0.1, -0.05) is 23.3 Å².